The van der Waals surface area contributed by atoms with Gasteiger partial charge in [-0.15, -0.1) is 11.3 Å². The van der Waals surface area contributed by atoms with Crippen LogP contribution in [0, 0.1) is 5.92 Å². The highest BCUT2D eigenvalue weighted by molar-refractivity contribution is 7.18. The van der Waals surface area contributed by atoms with Gasteiger partial charge in [0.15, 0.2) is 12.4 Å². The summed E-state index contributed by atoms with van der Waals surface area (Å²) in [4.78, 5) is 29.6. The summed E-state index contributed by atoms with van der Waals surface area (Å²) in [5, 5.41) is 0.955. The van der Waals surface area contributed by atoms with Crippen molar-refractivity contribution in [2.24, 2.45) is 5.92 Å². The number of esters is 1. The maximum atomic E-state index is 12.7. The molecule has 0 bridgehead atoms. The molecule has 0 radical (unpaired) electrons. The van der Waals surface area contributed by atoms with Crippen LogP contribution in [-0.2, 0) is 9.53 Å². The fourth-order valence-electron chi connectivity index (χ4n) is 3.35. The van der Waals surface area contributed by atoms with Gasteiger partial charge in [0.1, 0.15) is 0 Å². The number of allylic oxidation sites excluding steroid dienone is 2. The summed E-state index contributed by atoms with van der Waals surface area (Å²) in [7, 11) is 0. The third kappa shape index (κ3) is 3.83. The van der Waals surface area contributed by atoms with Crippen LogP contribution in [0.15, 0.2) is 66.7 Å². The zero-order valence-corrected chi connectivity index (χ0v) is 15.5. The fraction of sp³-hybridized carbons (Fsp3) is 0.227. The number of hydrogen-bond acceptors (Lipinski definition) is 5. The van der Waals surface area contributed by atoms with Crippen molar-refractivity contribution in [1.82, 2.24) is 4.98 Å². The maximum Gasteiger partial charge on any atom is 0.310 e. The van der Waals surface area contributed by atoms with Gasteiger partial charge in [0.05, 0.1) is 21.1 Å². The van der Waals surface area contributed by atoms with Crippen LogP contribution < -0.4 is 0 Å². The molecule has 2 aromatic carbocycles. The number of fused-ring (bicyclic) bond motifs is 1. The predicted molar refractivity (Wildman–Crippen MR) is 106 cm³/mol. The van der Waals surface area contributed by atoms with Gasteiger partial charge in [0.25, 0.3) is 0 Å². The number of nitrogens with zero attached hydrogens (tertiary/aromatic N) is 1. The molecule has 0 aliphatic heterocycles. The Bertz CT molecular complexity index is 960. The van der Waals surface area contributed by atoms with E-state index in [2.05, 4.69) is 6.08 Å². The average Bonchev–Trinajstić information content (AvgIpc) is 3.16. The van der Waals surface area contributed by atoms with E-state index >= 15 is 0 Å². The number of para-hydroxylation sites is 1. The van der Waals surface area contributed by atoms with Gasteiger partial charge in [0, 0.05) is 11.5 Å². The van der Waals surface area contributed by atoms with Crippen molar-refractivity contribution in [3.63, 3.8) is 0 Å². The van der Waals surface area contributed by atoms with Gasteiger partial charge in [0.2, 0.25) is 0 Å². The summed E-state index contributed by atoms with van der Waals surface area (Å²) in [6.07, 6.45) is 5.47. The van der Waals surface area contributed by atoms with Crippen LogP contribution in [0.25, 0.3) is 10.2 Å². The maximum absolute atomic E-state index is 12.7. The van der Waals surface area contributed by atoms with Gasteiger partial charge in [-0.1, -0.05) is 54.6 Å². The predicted octanol–water partition coefficient (Wildman–Crippen LogP) is 4.77. The first-order chi connectivity index (χ1) is 13.2. The Morgan fingerprint density at radius 2 is 1.74 bits per heavy atom. The molecule has 0 unspecified atom stereocenters. The molecule has 0 amide bonds. The van der Waals surface area contributed by atoms with Gasteiger partial charge in [-0.05, 0) is 25.0 Å². The number of Topliss-reactive ketones (excluding diaryl/α,β-unsaturated/α-hetero) is 1. The van der Waals surface area contributed by atoms with Crippen LogP contribution in [-0.4, -0.2) is 23.3 Å². The molecule has 1 aliphatic rings. The second-order valence-electron chi connectivity index (χ2n) is 6.57. The molecule has 2 atom stereocenters. The van der Waals surface area contributed by atoms with Gasteiger partial charge in [-0.3, -0.25) is 9.59 Å². The summed E-state index contributed by atoms with van der Waals surface area (Å²) in [6.45, 7) is -0.227. The monoisotopic (exact) mass is 377 g/mol. The van der Waals surface area contributed by atoms with E-state index in [0.717, 1.165) is 21.6 Å². The molecular weight excluding hydrogens is 358 g/mol. The number of ether oxygens (including phenoxy) is 1. The first kappa shape index (κ1) is 17.6. The summed E-state index contributed by atoms with van der Waals surface area (Å²) in [6, 6.07) is 16.9. The van der Waals surface area contributed by atoms with E-state index in [-0.39, 0.29) is 30.2 Å². The Hall–Kier alpha value is -2.79. The van der Waals surface area contributed by atoms with Crippen LogP contribution in [0.1, 0.15) is 34.1 Å². The van der Waals surface area contributed by atoms with Crippen molar-refractivity contribution in [2.45, 2.75) is 18.8 Å². The Balaban J connectivity index is 1.48. The van der Waals surface area contributed by atoms with Crippen molar-refractivity contribution < 1.29 is 14.3 Å². The number of carbonyl (C=O) groups excluding carboxylic acids is 2. The molecule has 0 saturated heterocycles. The van der Waals surface area contributed by atoms with Crippen molar-refractivity contribution in [2.75, 3.05) is 6.61 Å². The second kappa shape index (κ2) is 7.84. The molecule has 1 aromatic heterocycles. The number of thiazole rings is 1. The lowest BCUT2D eigenvalue weighted by molar-refractivity contribution is -0.148. The van der Waals surface area contributed by atoms with Crippen molar-refractivity contribution >= 4 is 33.3 Å². The molecule has 136 valence electrons. The largest absolute Gasteiger partial charge is 0.457 e. The number of carbonyl (C=O) groups is 2. The summed E-state index contributed by atoms with van der Waals surface area (Å²) in [5.74, 6) is -0.828. The van der Waals surface area contributed by atoms with E-state index in [4.69, 9.17) is 9.72 Å². The lowest BCUT2D eigenvalue weighted by Gasteiger charge is -2.25. The summed E-state index contributed by atoms with van der Waals surface area (Å²) < 4.78 is 6.50. The smallest absolute Gasteiger partial charge is 0.310 e. The molecule has 3 aromatic rings. The Morgan fingerprint density at radius 3 is 2.56 bits per heavy atom. The van der Waals surface area contributed by atoms with Crippen LogP contribution in [0.3, 0.4) is 0 Å². The van der Waals surface area contributed by atoms with E-state index in [0.29, 0.717) is 12.0 Å². The third-order valence-electron chi connectivity index (χ3n) is 4.80. The second-order valence-corrected chi connectivity index (χ2v) is 7.63. The van der Waals surface area contributed by atoms with Crippen LogP contribution in [0.2, 0.25) is 0 Å². The number of aromatic nitrogens is 1. The SMILES string of the molecule is O=C(COC(=O)[C@@H]1CC=CC[C@H]1c1nc2ccccc2s1)c1ccccc1. The average molecular weight is 377 g/mol. The van der Waals surface area contributed by atoms with E-state index in [1.54, 1.807) is 35.6 Å². The lowest BCUT2D eigenvalue weighted by atomic mass is 9.83. The van der Waals surface area contributed by atoms with E-state index in [1.165, 1.54) is 0 Å². The molecule has 1 aliphatic carbocycles. The van der Waals surface area contributed by atoms with Crippen molar-refractivity contribution in [3.8, 4) is 0 Å². The topological polar surface area (TPSA) is 56.3 Å². The molecule has 1 heterocycles. The van der Waals surface area contributed by atoms with Crippen LogP contribution >= 0.6 is 11.3 Å². The molecule has 0 spiro atoms. The number of rotatable bonds is 5. The first-order valence-corrected chi connectivity index (χ1v) is 9.79. The third-order valence-corrected chi connectivity index (χ3v) is 5.97. The highest BCUT2D eigenvalue weighted by Crippen LogP contribution is 2.39. The summed E-state index contributed by atoms with van der Waals surface area (Å²) in [5.41, 5.74) is 1.51. The number of hydrogen-bond donors (Lipinski definition) is 0. The number of ketones is 1. The Labute approximate surface area is 161 Å². The minimum atomic E-state index is -0.326. The minimum absolute atomic E-state index is 0.00766. The van der Waals surface area contributed by atoms with Gasteiger partial charge in [-0.2, -0.15) is 0 Å². The Kier molecular flexibility index (Phi) is 5.12. The summed E-state index contributed by atoms with van der Waals surface area (Å²) >= 11 is 1.63. The highest BCUT2D eigenvalue weighted by atomic mass is 32.1. The molecule has 4 rings (SSSR count). The molecule has 5 heteroatoms. The molecule has 4 nitrogen and oxygen atoms in total. The van der Waals surface area contributed by atoms with E-state index in [1.807, 2.05) is 36.4 Å². The molecular formula is C22H19NO3S. The molecule has 0 fully saturated rings. The van der Waals surface area contributed by atoms with Gasteiger partial charge >= 0.3 is 5.97 Å². The van der Waals surface area contributed by atoms with Gasteiger partial charge < -0.3 is 4.74 Å². The quantitative estimate of drug-likeness (QED) is 0.365. The highest BCUT2D eigenvalue weighted by Gasteiger charge is 2.33. The van der Waals surface area contributed by atoms with Crippen LogP contribution in [0.5, 0.6) is 0 Å². The van der Waals surface area contributed by atoms with Crippen molar-refractivity contribution in [3.05, 3.63) is 77.3 Å². The first-order valence-electron chi connectivity index (χ1n) is 8.98. The molecule has 27 heavy (non-hydrogen) atoms. The normalized spacial score (nSPS) is 19.1. The fourth-order valence-corrected chi connectivity index (χ4v) is 4.49. The van der Waals surface area contributed by atoms with E-state index in [9.17, 15) is 9.59 Å². The Morgan fingerprint density at radius 1 is 1.00 bits per heavy atom. The standard InChI is InChI=1S/C22H19NO3S/c24-19(15-8-2-1-3-9-15)14-26-22(25)17-11-5-4-10-16(17)21-23-18-12-6-7-13-20(18)27-21/h1-9,12-13,16-17H,10-11,14H2/t16-,17-/m1/s1. The van der Waals surface area contributed by atoms with Crippen LogP contribution in [0.4, 0.5) is 0 Å². The number of benzene rings is 2. The zero-order valence-electron chi connectivity index (χ0n) is 14.7. The minimum Gasteiger partial charge on any atom is -0.457 e. The molecule has 0 N–H and O–H groups in total. The zero-order chi connectivity index (χ0) is 18.6. The molecule has 0 saturated carbocycles. The van der Waals surface area contributed by atoms with Crippen molar-refractivity contribution in [1.29, 1.82) is 0 Å². The van der Waals surface area contributed by atoms with Gasteiger partial charge in [-0.25, -0.2) is 4.98 Å². The lowest BCUT2D eigenvalue weighted by Crippen LogP contribution is -2.27. The van der Waals surface area contributed by atoms with E-state index < -0.39 is 0 Å².